The number of halogens is 1. The second kappa shape index (κ2) is 5.21. The molecule has 1 heterocycles. The van der Waals surface area contributed by atoms with Crippen molar-refractivity contribution in [3.05, 3.63) is 52.4 Å². The molecule has 1 aromatic carbocycles. The molecule has 104 valence electrons. The fourth-order valence-electron chi connectivity index (χ4n) is 2.56. The molecule has 20 heavy (non-hydrogen) atoms. The number of hydrogen-bond donors (Lipinski definition) is 2. The van der Waals surface area contributed by atoms with E-state index in [0.29, 0.717) is 16.3 Å². The summed E-state index contributed by atoms with van der Waals surface area (Å²) in [5.41, 5.74) is 7.73. The molecule has 0 bridgehead atoms. The zero-order chi connectivity index (χ0) is 14.1. The molecule has 5 heteroatoms. The maximum atomic E-state index is 12.3. The molecule has 0 spiro atoms. The van der Waals surface area contributed by atoms with Gasteiger partial charge in [0.05, 0.1) is 23.0 Å². The number of amides is 1. The van der Waals surface area contributed by atoms with Crippen molar-refractivity contribution in [2.75, 3.05) is 5.73 Å². The molecule has 2 aromatic rings. The molecule has 4 nitrogen and oxygen atoms in total. The number of nitrogens with one attached hydrogen (secondary N) is 1. The number of nitrogens with two attached hydrogens (primary N) is 1. The zero-order valence-electron chi connectivity index (χ0n) is 10.9. The molecule has 1 amide bonds. The fraction of sp³-hybridized carbons (Fsp3) is 0.267. The van der Waals surface area contributed by atoms with Crippen LogP contribution < -0.4 is 11.1 Å². The van der Waals surface area contributed by atoms with Gasteiger partial charge in [-0.25, -0.2) is 0 Å². The summed E-state index contributed by atoms with van der Waals surface area (Å²) in [6, 6.07) is 6.83. The molecule has 0 aliphatic heterocycles. The molecule has 3 N–H and O–H groups in total. The van der Waals surface area contributed by atoms with Crippen molar-refractivity contribution >= 4 is 23.2 Å². The topological polar surface area (TPSA) is 68.3 Å². The smallest absolute Gasteiger partial charge is 0.251 e. The molecule has 1 unspecified atom stereocenters. The Hall–Kier alpha value is -1.94. The number of benzene rings is 1. The summed E-state index contributed by atoms with van der Waals surface area (Å²) in [7, 11) is 0. The second-order valence-corrected chi connectivity index (χ2v) is 5.36. The van der Waals surface area contributed by atoms with Crippen LogP contribution in [0, 0.1) is 0 Å². The van der Waals surface area contributed by atoms with Crippen LogP contribution in [0.4, 0.5) is 5.69 Å². The normalized spacial score (nSPS) is 17.6. The summed E-state index contributed by atoms with van der Waals surface area (Å²) in [5.74, 6) is 0.824. The number of rotatable bonds is 2. The Bertz CT molecular complexity index is 651. The van der Waals surface area contributed by atoms with Crippen molar-refractivity contribution in [2.45, 2.75) is 25.3 Å². The predicted molar refractivity (Wildman–Crippen MR) is 77.7 cm³/mol. The van der Waals surface area contributed by atoms with E-state index in [1.165, 1.54) is 0 Å². The van der Waals surface area contributed by atoms with Crippen LogP contribution in [0.3, 0.4) is 0 Å². The fourth-order valence-corrected chi connectivity index (χ4v) is 2.68. The van der Waals surface area contributed by atoms with Gasteiger partial charge in [0.1, 0.15) is 5.76 Å². The molecule has 3 rings (SSSR count). The minimum absolute atomic E-state index is 0.00176. The van der Waals surface area contributed by atoms with Crippen LogP contribution in [0.25, 0.3) is 0 Å². The van der Waals surface area contributed by atoms with E-state index in [9.17, 15) is 4.79 Å². The standard InChI is InChI=1S/C15H15ClN2O2/c16-11-5-4-9(8-12(11)17)15(19)18-13-2-1-3-14-10(13)6-7-20-14/h4-8,13H,1-3,17H2,(H,18,19). The number of nitrogen functional groups attached to an aromatic ring is 1. The van der Waals surface area contributed by atoms with Crippen LogP contribution in [-0.2, 0) is 6.42 Å². The molecule has 1 aromatic heterocycles. The first kappa shape index (κ1) is 13.1. The molecular formula is C15H15ClN2O2. The Labute approximate surface area is 121 Å². The van der Waals surface area contributed by atoms with Crippen LogP contribution in [-0.4, -0.2) is 5.91 Å². The lowest BCUT2D eigenvalue weighted by molar-refractivity contribution is 0.0932. The Morgan fingerprint density at radius 3 is 3.05 bits per heavy atom. The summed E-state index contributed by atoms with van der Waals surface area (Å²) in [6.07, 6.45) is 4.54. The van der Waals surface area contributed by atoms with Crippen molar-refractivity contribution in [3.63, 3.8) is 0 Å². The first-order valence-electron chi connectivity index (χ1n) is 6.57. The van der Waals surface area contributed by atoms with Crippen LogP contribution in [0.2, 0.25) is 5.02 Å². The maximum absolute atomic E-state index is 12.3. The Morgan fingerprint density at radius 1 is 1.40 bits per heavy atom. The highest BCUT2D eigenvalue weighted by Gasteiger charge is 2.24. The Balaban J connectivity index is 1.79. The average Bonchev–Trinajstić information content (AvgIpc) is 2.91. The predicted octanol–water partition coefficient (Wildman–Crippen LogP) is 3.32. The molecule has 1 aliphatic carbocycles. The minimum Gasteiger partial charge on any atom is -0.469 e. The highest BCUT2D eigenvalue weighted by molar-refractivity contribution is 6.33. The van der Waals surface area contributed by atoms with Crippen molar-refractivity contribution in [3.8, 4) is 0 Å². The van der Waals surface area contributed by atoms with E-state index < -0.39 is 0 Å². The van der Waals surface area contributed by atoms with Crippen LogP contribution in [0.1, 0.15) is 40.6 Å². The molecule has 0 saturated carbocycles. The van der Waals surface area contributed by atoms with E-state index in [-0.39, 0.29) is 11.9 Å². The quantitative estimate of drug-likeness (QED) is 0.834. The number of furan rings is 1. The van der Waals surface area contributed by atoms with Gasteiger partial charge in [0.15, 0.2) is 0 Å². The van der Waals surface area contributed by atoms with E-state index in [4.69, 9.17) is 21.8 Å². The summed E-state index contributed by atoms with van der Waals surface area (Å²) < 4.78 is 5.42. The molecule has 0 fully saturated rings. The first-order chi connectivity index (χ1) is 9.65. The van der Waals surface area contributed by atoms with Crippen molar-refractivity contribution in [2.24, 2.45) is 0 Å². The maximum Gasteiger partial charge on any atom is 0.251 e. The third-order valence-corrected chi connectivity index (χ3v) is 3.96. The number of anilines is 1. The summed E-state index contributed by atoms with van der Waals surface area (Å²) in [6.45, 7) is 0. The lowest BCUT2D eigenvalue weighted by Crippen LogP contribution is -2.30. The van der Waals surface area contributed by atoms with Gasteiger partial charge in [-0.2, -0.15) is 0 Å². The van der Waals surface area contributed by atoms with Gasteiger partial charge in [0.2, 0.25) is 0 Å². The van der Waals surface area contributed by atoms with Crippen molar-refractivity contribution in [1.29, 1.82) is 0 Å². The minimum atomic E-state index is -0.146. The number of fused-ring (bicyclic) bond motifs is 1. The van der Waals surface area contributed by atoms with Gasteiger partial charge in [-0.05, 0) is 37.1 Å². The zero-order valence-corrected chi connectivity index (χ0v) is 11.6. The number of aryl methyl sites for hydroxylation is 1. The summed E-state index contributed by atoms with van der Waals surface area (Å²) >= 11 is 5.86. The van der Waals surface area contributed by atoms with E-state index in [1.807, 2.05) is 6.07 Å². The molecule has 0 saturated heterocycles. The highest BCUT2D eigenvalue weighted by atomic mass is 35.5. The van der Waals surface area contributed by atoms with Crippen molar-refractivity contribution in [1.82, 2.24) is 5.32 Å². The monoisotopic (exact) mass is 290 g/mol. The number of hydrogen-bond acceptors (Lipinski definition) is 3. The van der Waals surface area contributed by atoms with E-state index in [2.05, 4.69) is 5.32 Å². The number of carbonyl (C=O) groups excluding carboxylic acids is 1. The van der Waals surface area contributed by atoms with Crippen LogP contribution in [0.5, 0.6) is 0 Å². The molecular weight excluding hydrogens is 276 g/mol. The van der Waals surface area contributed by atoms with E-state index in [1.54, 1.807) is 24.5 Å². The first-order valence-corrected chi connectivity index (χ1v) is 6.95. The molecule has 1 atom stereocenters. The molecule has 0 radical (unpaired) electrons. The summed E-state index contributed by atoms with van der Waals surface area (Å²) in [4.78, 5) is 12.3. The van der Waals surface area contributed by atoms with Gasteiger partial charge in [-0.1, -0.05) is 11.6 Å². The van der Waals surface area contributed by atoms with Crippen molar-refractivity contribution < 1.29 is 9.21 Å². The summed E-state index contributed by atoms with van der Waals surface area (Å²) in [5, 5.41) is 3.48. The van der Waals surface area contributed by atoms with Crippen LogP contribution in [0.15, 0.2) is 34.9 Å². The third-order valence-electron chi connectivity index (χ3n) is 3.62. The van der Waals surface area contributed by atoms with Gasteiger partial charge >= 0.3 is 0 Å². The van der Waals surface area contributed by atoms with Crippen LogP contribution >= 0.6 is 11.6 Å². The van der Waals surface area contributed by atoms with Gasteiger partial charge in [0.25, 0.3) is 5.91 Å². The SMILES string of the molecule is Nc1cc(C(=O)NC2CCCc3occc32)ccc1Cl. The lowest BCUT2D eigenvalue weighted by Gasteiger charge is -2.22. The van der Waals surface area contributed by atoms with Gasteiger partial charge in [-0.3, -0.25) is 4.79 Å². The van der Waals surface area contributed by atoms with Gasteiger partial charge in [-0.15, -0.1) is 0 Å². The van der Waals surface area contributed by atoms with E-state index >= 15 is 0 Å². The lowest BCUT2D eigenvalue weighted by atomic mass is 9.93. The average molecular weight is 291 g/mol. The van der Waals surface area contributed by atoms with E-state index in [0.717, 1.165) is 30.6 Å². The Morgan fingerprint density at radius 2 is 2.25 bits per heavy atom. The second-order valence-electron chi connectivity index (χ2n) is 4.95. The van der Waals surface area contributed by atoms with Gasteiger partial charge < -0.3 is 15.5 Å². The Kier molecular flexibility index (Phi) is 3.40. The third kappa shape index (κ3) is 2.39. The van der Waals surface area contributed by atoms with Gasteiger partial charge in [0, 0.05) is 17.5 Å². The molecule has 1 aliphatic rings. The highest BCUT2D eigenvalue weighted by Crippen LogP contribution is 2.30. The number of carbonyl (C=O) groups is 1. The largest absolute Gasteiger partial charge is 0.469 e.